The van der Waals surface area contributed by atoms with E-state index < -0.39 is 0 Å². The van der Waals surface area contributed by atoms with Crippen LogP contribution in [0.4, 0.5) is 0 Å². The number of aryl methyl sites for hydroxylation is 1. The molecule has 0 saturated heterocycles. The van der Waals surface area contributed by atoms with Gasteiger partial charge in [-0.15, -0.1) is 0 Å². The van der Waals surface area contributed by atoms with Crippen molar-refractivity contribution in [2.75, 3.05) is 13.2 Å². The van der Waals surface area contributed by atoms with Crippen molar-refractivity contribution < 1.29 is 14.3 Å². The summed E-state index contributed by atoms with van der Waals surface area (Å²) in [6.07, 6.45) is 0.957. The minimum atomic E-state index is -0.0851. The number of rotatable bonds is 7. The van der Waals surface area contributed by atoms with Gasteiger partial charge < -0.3 is 19.6 Å². The van der Waals surface area contributed by atoms with Gasteiger partial charge >= 0.3 is 0 Å². The van der Waals surface area contributed by atoms with Gasteiger partial charge in [0.25, 0.3) is 0 Å². The number of aliphatic hydroxyl groups excluding tert-OH is 1. The smallest absolute Gasteiger partial charge is 0.138 e. The van der Waals surface area contributed by atoms with Gasteiger partial charge in [0, 0.05) is 11.6 Å². The maximum atomic E-state index is 9.27. The summed E-state index contributed by atoms with van der Waals surface area (Å²) in [5.41, 5.74) is 1.72. The molecule has 2 N–H and O–H groups in total. The summed E-state index contributed by atoms with van der Waals surface area (Å²) in [7, 11) is 0. The van der Waals surface area contributed by atoms with Crippen LogP contribution in [0.3, 0.4) is 0 Å². The lowest BCUT2D eigenvalue weighted by Gasteiger charge is -2.10. The van der Waals surface area contributed by atoms with E-state index in [0.29, 0.717) is 18.4 Å². The van der Waals surface area contributed by atoms with Crippen LogP contribution in [0.1, 0.15) is 31.6 Å². The van der Waals surface area contributed by atoms with Gasteiger partial charge in [-0.2, -0.15) is 0 Å². The van der Waals surface area contributed by atoms with Crippen LogP contribution >= 0.6 is 0 Å². The molecule has 0 bridgehead atoms. The second-order valence-corrected chi connectivity index (χ2v) is 5.25. The molecule has 20 heavy (non-hydrogen) atoms. The summed E-state index contributed by atoms with van der Waals surface area (Å²) < 4.78 is 11.5. The lowest BCUT2D eigenvalue weighted by Crippen LogP contribution is -2.24. The number of furan rings is 1. The highest BCUT2D eigenvalue weighted by Gasteiger charge is 2.13. The van der Waals surface area contributed by atoms with Gasteiger partial charge in [-0.3, -0.25) is 0 Å². The molecule has 0 saturated carbocycles. The van der Waals surface area contributed by atoms with Crippen LogP contribution in [-0.4, -0.2) is 24.3 Å². The second kappa shape index (κ2) is 6.77. The average Bonchev–Trinajstić information content (AvgIpc) is 2.75. The molecule has 1 aromatic carbocycles. The Balaban J connectivity index is 2.04. The Morgan fingerprint density at radius 1 is 1.35 bits per heavy atom. The maximum absolute atomic E-state index is 9.27. The Hall–Kier alpha value is -1.52. The van der Waals surface area contributed by atoms with Crippen molar-refractivity contribution in [2.24, 2.45) is 0 Å². The van der Waals surface area contributed by atoms with E-state index in [1.54, 1.807) is 0 Å². The van der Waals surface area contributed by atoms with Crippen LogP contribution in [0.25, 0.3) is 11.0 Å². The van der Waals surface area contributed by atoms with Crippen LogP contribution < -0.4 is 10.1 Å². The van der Waals surface area contributed by atoms with Gasteiger partial charge in [-0.25, -0.2) is 0 Å². The third-order valence-electron chi connectivity index (χ3n) is 3.29. The molecule has 0 amide bonds. The fourth-order valence-electron chi connectivity index (χ4n) is 2.23. The fourth-order valence-corrected chi connectivity index (χ4v) is 2.23. The Morgan fingerprint density at radius 3 is 2.85 bits per heavy atom. The van der Waals surface area contributed by atoms with Gasteiger partial charge in [0.15, 0.2) is 0 Å². The molecule has 2 rings (SSSR count). The third kappa shape index (κ3) is 3.32. The van der Waals surface area contributed by atoms with Crippen molar-refractivity contribution in [2.45, 2.75) is 39.8 Å². The molecule has 1 aromatic heterocycles. The molecule has 0 fully saturated rings. The predicted octanol–water partition coefficient (Wildman–Crippen LogP) is 3.00. The van der Waals surface area contributed by atoms with Crippen molar-refractivity contribution in [1.29, 1.82) is 0 Å². The zero-order valence-corrected chi connectivity index (χ0v) is 12.4. The summed E-state index contributed by atoms with van der Waals surface area (Å²) in [4.78, 5) is 0. The number of benzene rings is 1. The quantitative estimate of drug-likeness (QED) is 0.764. The highest BCUT2D eigenvalue weighted by atomic mass is 16.5. The lowest BCUT2D eigenvalue weighted by atomic mass is 10.1. The summed E-state index contributed by atoms with van der Waals surface area (Å²) in [5, 5.41) is 13.6. The topological polar surface area (TPSA) is 54.6 Å². The molecule has 0 atom stereocenters. The van der Waals surface area contributed by atoms with E-state index in [2.05, 4.69) is 19.2 Å². The Bertz CT molecular complexity index is 560. The summed E-state index contributed by atoms with van der Waals surface area (Å²) in [6.45, 7) is 7.74. The summed E-state index contributed by atoms with van der Waals surface area (Å²) >= 11 is 0. The van der Waals surface area contributed by atoms with Crippen LogP contribution in [0.5, 0.6) is 5.75 Å². The minimum absolute atomic E-state index is 0.0851. The highest BCUT2D eigenvalue weighted by molar-refractivity contribution is 5.88. The number of fused-ring (bicyclic) bond motifs is 1. The molecule has 0 unspecified atom stereocenters. The zero-order chi connectivity index (χ0) is 14.5. The molecule has 0 aliphatic rings. The molecule has 4 nitrogen and oxygen atoms in total. The molecule has 0 spiro atoms. The number of hydrogen-bond acceptors (Lipinski definition) is 4. The van der Waals surface area contributed by atoms with E-state index >= 15 is 0 Å². The summed E-state index contributed by atoms with van der Waals surface area (Å²) in [5.74, 6) is 1.44. The number of nitrogens with one attached hydrogen (secondary N) is 1. The van der Waals surface area contributed by atoms with Crippen molar-refractivity contribution >= 4 is 11.0 Å². The van der Waals surface area contributed by atoms with Crippen LogP contribution in [-0.2, 0) is 6.61 Å². The number of aliphatic hydroxyl groups is 1. The predicted molar refractivity (Wildman–Crippen MR) is 80.1 cm³/mol. The van der Waals surface area contributed by atoms with Gasteiger partial charge in [-0.1, -0.05) is 19.9 Å². The maximum Gasteiger partial charge on any atom is 0.138 e. The first-order valence-corrected chi connectivity index (χ1v) is 7.11. The van der Waals surface area contributed by atoms with E-state index in [1.165, 1.54) is 0 Å². The molecule has 110 valence electrons. The van der Waals surface area contributed by atoms with Gasteiger partial charge in [0.05, 0.1) is 12.0 Å². The molecule has 1 heterocycles. The minimum Gasteiger partial charge on any atom is -0.493 e. The Kier molecular flexibility index (Phi) is 5.04. The van der Waals surface area contributed by atoms with Gasteiger partial charge in [-0.05, 0) is 32.0 Å². The normalized spacial score (nSPS) is 11.4. The molecule has 0 aliphatic heterocycles. The van der Waals surface area contributed by atoms with E-state index in [1.807, 2.05) is 25.1 Å². The molecule has 2 aromatic rings. The van der Waals surface area contributed by atoms with E-state index in [0.717, 1.165) is 35.2 Å². The van der Waals surface area contributed by atoms with Gasteiger partial charge in [0.2, 0.25) is 0 Å². The zero-order valence-electron chi connectivity index (χ0n) is 12.4. The SMILES string of the molecule is Cc1c(CO)oc2cccc(OCCCNC(C)C)c12. The van der Waals surface area contributed by atoms with E-state index in [-0.39, 0.29) is 6.61 Å². The fraction of sp³-hybridized carbons (Fsp3) is 0.500. The van der Waals surface area contributed by atoms with E-state index in [9.17, 15) is 5.11 Å². The second-order valence-electron chi connectivity index (χ2n) is 5.25. The van der Waals surface area contributed by atoms with Crippen LogP contribution in [0.2, 0.25) is 0 Å². The molecular formula is C16H23NO3. The lowest BCUT2D eigenvalue weighted by molar-refractivity contribution is 0.250. The first-order chi connectivity index (χ1) is 9.63. The molecule has 0 radical (unpaired) electrons. The highest BCUT2D eigenvalue weighted by Crippen LogP contribution is 2.33. The number of hydrogen-bond donors (Lipinski definition) is 2. The van der Waals surface area contributed by atoms with Gasteiger partial charge in [0.1, 0.15) is 23.7 Å². The van der Waals surface area contributed by atoms with E-state index in [4.69, 9.17) is 9.15 Å². The third-order valence-corrected chi connectivity index (χ3v) is 3.29. The van der Waals surface area contributed by atoms with Crippen molar-refractivity contribution in [3.63, 3.8) is 0 Å². The largest absolute Gasteiger partial charge is 0.493 e. The first-order valence-electron chi connectivity index (χ1n) is 7.11. The molecule has 4 heteroatoms. The number of ether oxygens (including phenoxy) is 1. The van der Waals surface area contributed by atoms with Crippen molar-refractivity contribution in [1.82, 2.24) is 5.32 Å². The van der Waals surface area contributed by atoms with Crippen molar-refractivity contribution in [3.05, 3.63) is 29.5 Å². The standard InChI is InChI=1S/C16H23NO3/c1-11(2)17-8-5-9-19-13-6-4-7-14-16(13)12(3)15(10-18)20-14/h4,6-7,11,17-18H,5,8-10H2,1-3H3. The average molecular weight is 277 g/mol. The molecular weight excluding hydrogens is 254 g/mol. The van der Waals surface area contributed by atoms with Crippen LogP contribution in [0.15, 0.2) is 22.6 Å². The van der Waals surface area contributed by atoms with Crippen molar-refractivity contribution in [3.8, 4) is 5.75 Å². The first kappa shape index (κ1) is 14.9. The molecule has 0 aliphatic carbocycles. The Morgan fingerprint density at radius 2 is 2.15 bits per heavy atom. The summed E-state index contributed by atoms with van der Waals surface area (Å²) in [6, 6.07) is 6.26. The van der Waals surface area contributed by atoms with Crippen LogP contribution in [0, 0.1) is 6.92 Å². The monoisotopic (exact) mass is 277 g/mol. The Labute approximate surface area is 119 Å².